The van der Waals surface area contributed by atoms with Crippen LogP contribution in [0.5, 0.6) is 0 Å². The van der Waals surface area contributed by atoms with Crippen LogP contribution >= 0.6 is 0 Å². The molecule has 1 saturated heterocycles. The highest BCUT2D eigenvalue weighted by Crippen LogP contribution is 2.20. The van der Waals surface area contributed by atoms with E-state index in [1.807, 2.05) is 4.90 Å². The monoisotopic (exact) mass is 263 g/mol. The highest BCUT2D eigenvalue weighted by molar-refractivity contribution is 5.80. The van der Waals surface area contributed by atoms with Crippen molar-refractivity contribution in [2.24, 2.45) is 0 Å². The number of imidazole rings is 1. The minimum atomic E-state index is 0.149. The summed E-state index contributed by atoms with van der Waals surface area (Å²) in [6.07, 6.45) is 4.58. The summed E-state index contributed by atoms with van der Waals surface area (Å²) < 4.78 is 0. The van der Waals surface area contributed by atoms with Gasteiger partial charge in [-0.1, -0.05) is 0 Å². The molecule has 104 valence electrons. The Bertz CT molecular complexity index is 426. The van der Waals surface area contributed by atoms with Crippen molar-refractivity contribution in [3.63, 3.8) is 0 Å². The normalized spacial score (nSPS) is 19.1. The number of rotatable bonds is 3. The van der Waals surface area contributed by atoms with Crippen LogP contribution in [0.2, 0.25) is 0 Å². The van der Waals surface area contributed by atoms with Crippen molar-refractivity contribution in [1.82, 2.24) is 20.2 Å². The van der Waals surface area contributed by atoms with Gasteiger partial charge in [-0.05, 0) is 25.7 Å². The first kappa shape index (κ1) is 12.5. The molecule has 2 heterocycles. The van der Waals surface area contributed by atoms with Crippen LogP contribution in [0.25, 0.3) is 0 Å². The Morgan fingerprint density at radius 3 is 2.84 bits per heavy atom. The van der Waals surface area contributed by atoms with E-state index in [9.17, 15) is 4.79 Å². The first-order valence-electron chi connectivity index (χ1n) is 7.13. The molecule has 0 saturated carbocycles. The predicted molar refractivity (Wildman–Crippen MR) is 73.2 cm³/mol. The summed E-state index contributed by atoms with van der Waals surface area (Å²) in [6, 6.07) is 0. The van der Waals surface area contributed by atoms with Crippen molar-refractivity contribution in [1.29, 1.82) is 0 Å². The maximum absolute atomic E-state index is 12.0. The summed E-state index contributed by atoms with van der Waals surface area (Å²) >= 11 is 0. The van der Waals surface area contributed by atoms with Gasteiger partial charge in [0.05, 0.1) is 12.2 Å². The third-order valence-corrected chi connectivity index (χ3v) is 3.83. The Labute approximate surface area is 113 Å². The molecule has 1 aliphatic carbocycles. The molecular formula is C13H21N5O. The van der Waals surface area contributed by atoms with Crippen LogP contribution in [-0.4, -0.2) is 53.5 Å². The Balaban J connectivity index is 1.53. The molecule has 0 unspecified atom stereocenters. The lowest BCUT2D eigenvalue weighted by Gasteiger charge is -2.27. The summed E-state index contributed by atoms with van der Waals surface area (Å²) in [6.45, 7) is 3.71. The van der Waals surface area contributed by atoms with E-state index >= 15 is 0 Å². The van der Waals surface area contributed by atoms with Crippen LogP contribution in [0.4, 0.5) is 5.95 Å². The van der Waals surface area contributed by atoms with E-state index in [0.717, 1.165) is 45.0 Å². The smallest absolute Gasteiger partial charge is 0.242 e. The molecule has 1 aliphatic heterocycles. The number of aromatic amines is 1. The number of anilines is 1. The van der Waals surface area contributed by atoms with Gasteiger partial charge in [0.2, 0.25) is 11.9 Å². The average molecular weight is 263 g/mol. The number of fused-ring (bicyclic) bond motifs is 1. The first-order valence-corrected chi connectivity index (χ1v) is 7.13. The van der Waals surface area contributed by atoms with E-state index in [1.54, 1.807) is 0 Å². The molecule has 2 aliphatic rings. The van der Waals surface area contributed by atoms with Gasteiger partial charge in [-0.15, -0.1) is 0 Å². The first-order chi connectivity index (χ1) is 9.33. The predicted octanol–water partition coefficient (Wildman–Crippen LogP) is 0.132. The van der Waals surface area contributed by atoms with Gasteiger partial charge in [0.15, 0.2) is 0 Å². The molecule has 1 aromatic rings. The summed E-state index contributed by atoms with van der Waals surface area (Å²) in [4.78, 5) is 21.7. The van der Waals surface area contributed by atoms with Crippen LogP contribution in [0.3, 0.4) is 0 Å². The quantitative estimate of drug-likeness (QED) is 0.725. The summed E-state index contributed by atoms with van der Waals surface area (Å²) in [5.74, 6) is 0.895. The van der Waals surface area contributed by atoms with Crippen LogP contribution in [-0.2, 0) is 17.6 Å². The van der Waals surface area contributed by atoms with E-state index < -0.39 is 0 Å². The van der Waals surface area contributed by atoms with Gasteiger partial charge >= 0.3 is 0 Å². The van der Waals surface area contributed by atoms with Gasteiger partial charge in [0.25, 0.3) is 0 Å². The van der Waals surface area contributed by atoms with Gasteiger partial charge < -0.3 is 20.5 Å². The zero-order valence-electron chi connectivity index (χ0n) is 11.2. The van der Waals surface area contributed by atoms with Gasteiger partial charge in [-0.2, -0.15) is 0 Å². The molecule has 3 N–H and O–H groups in total. The second-order valence-corrected chi connectivity index (χ2v) is 5.20. The Morgan fingerprint density at radius 2 is 2.05 bits per heavy atom. The minimum absolute atomic E-state index is 0.149. The Hall–Kier alpha value is -1.56. The number of nitrogens with zero attached hydrogens (tertiary/aromatic N) is 2. The molecule has 0 atom stereocenters. The highest BCUT2D eigenvalue weighted by atomic mass is 16.2. The van der Waals surface area contributed by atoms with Gasteiger partial charge in [0.1, 0.15) is 0 Å². The average Bonchev–Trinajstić information content (AvgIpc) is 2.88. The molecule has 3 rings (SSSR count). The molecule has 1 amide bonds. The molecule has 1 aromatic heterocycles. The minimum Gasteiger partial charge on any atom is -0.347 e. The largest absolute Gasteiger partial charge is 0.347 e. The topological polar surface area (TPSA) is 73.0 Å². The van der Waals surface area contributed by atoms with Gasteiger partial charge in [0, 0.05) is 31.9 Å². The van der Waals surface area contributed by atoms with E-state index in [1.165, 1.54) is 24.2 Å². The Morgan fingerprint density at radius 1 is 1.26 bits per heavy atom. The Kier molecular flexibility index (Phi) is 3.68. The van der Waals surface area contributed by atoms with Crippen molar-refractivity contribution < 1.29 is 4.79 Å². The maximum atomic E-state index is 12.0. The maximum Gasteiger partial charge on any atom is 0.242 e. The fourth-order valence-electron chi connectivity index (χ4n) is 2.72. The van der Waals surface area contributed by atoms with Crippen molar-refractivity contribution in [2.45, 2.75) is 25.7 Å². The number of nitrogens with one attached hydrogen (secondary N) is 3. The van der Waals surface area contributed by atoms with Gasteiger partial charge in [-0.3, -0.25) is 4.79 Å². The fourth-order valence-corrected chi connectivity index (χ4v) is 2.72. The number of H-pyrrole nitrogens is 1. The zero-order chi connectivity index (χ0) is 13.1. The molecule has 0 aromatic carbocycles. The van der Waals surface area contributed by atoms with E-state index in [2.05, 4.69) is 20.6 Å². The summed E-state index contributed by atoms with van der Waals surface area (Å²) in [7, 11) is 0. The lowest BCUT2D eigenvalue weighted by molar-refractivity contribution is -0.129. The number of hydrogen-bond acceptors (Lipinski definition) is 4. The van der Waals surface area contributed by atoms with E-state index in [-0.39, 0.29) is 5.91 Å². The molecule has 6 nitrogen and oxygen atoms in total. The van der Waals surface area contributed by atoms with Crippen LogP contribution in [0.15, 0.2) is 0 Å². The SMILES string of the molecule is O=C(CNc1nc2c([nH]1)CCCC2)N1CCNCC1. The molecule has 0 bridgehead atoms. The number of hydrogen-bond donors (Lipinski definition) is 3. The molecule has 19 heavy (non-hydrogen) atoms. The lowest BCUT2D eigenvalue weighted by atomic mass is 10.0. The van der Waals surface area contributed by atoms with Crippen LogP contribution in [0, 0.1) is 0 Å². The standard InChI is InChI=1S/C13H21N5O/c19-12(18-7-5-14-6-8-18)9-15-13-16-10-3-1-2-4-11(10)17-13/h14H,1-9H2,(H2,15,16,17). The third kappa shape index (κ3) is 2.89. The summed E-state index contributed by atoms with van der Waals surface area (Å²) in [5, 5.41) is 6.36. The second kappa shape index (κ2) is 5.61. The van der Waals surface area contributed by atoms with Gasteiger partial charge in [-0.25, -0.2) is 4.98 Å². The second-order valence-electron chi connectivity index (χ2n) is 5.20. The number of amides is 1. The van der Waals surface area contributed by atoms with Crippen molar-refractivity contribution in [3.05, 3.63) is 11.4 Å². The van der Waals surface area contributed by atoms with Crippen molar-refractivity contribution in [2.75, 3.05) is 38.0 Å². The molecule has 0 spiro atoms. The van der Waals surface area contributed by atoms with Crippen LogP contribution in [0.1, 0.15) is 24.2 Å². The van der Waals surface area contributed by atoms with E-state index in [4.69, 9.17) is 0 Å². The lowest BCUT2D eigenvalue weighted by Crippen LogP contribution is -2.48. The number of carbonyl (C=O) groups excluding carboxylic acids is 1. The highest BCUT2D eigenvalue weighted by Gasteiger charge is 2.17. The summed E-state index contributed by atoms with van der Waals surface area (Å²) in [5.41, 5.74) is 2.41. The number of piperazine rings is 1. The zero-order valence-corrected chi connectivity index (χ0v) is 11.2. The molecule has 0 radical (unpaired) electrons. The van der Waals surface area contributed by atoms with Crippen molar-refractivity contribution in [3.8, 4) is 0 Å². The van der Waals surface area contributed by atoms with Crippen molar-refractivity contribution >= 4 is 11.9 Å². The molecule has 1 fully saturated rings. The third-order valence-electron chi connectivity index (χ3n) is 3.83. The van der Waals surface area contributed by atoms with E-state index in [0.29, 0.717) is 6.54 Å². The molecule has 6 heteroatoms. The van der Waals surface area contributed by atoms with Crippen LogP contribution < -0.4 is 10.6 Å². The molecular weight excluding hydrogens is 242 g/mol. The number of aryl methyl sites for hydroxylation is 2. The number of carbonyl (C=O) groups is 1. The fraction of sp³-hybridized carbons (Fsp3) is 0.692. The number of aromatic nitrogens is 2.